The molecule has 0 amide bonds. The summed E-state index contributed by atoms with van der Waals surface area (Å²) in [6.45, 7) is 18.5. The Bertz CT molecular complexity index is 273. The van der Waals surface area contributed by atoms with Gasteiger partial charge in [0.2, 0.25) is 0 Å². The zero-order valence-corrected chi connectivity index (χ0v) is 13.1. The molecule has 2 rings (SSSR count). The lowest BCUT2D eigenvalue weighted by molar-refractivity contribution is 0.0374. The van der Waals surface area contributed by atoms with Crippen molar-refractivity contribution in [3.8, 4) is 0 Å². The molecule has 1 atom stereocenters. The van der Waals surface area contributed by atoms with E-state index in [1.165, 1.54) is 45.6 Å². The number of hydrogen-bond acceptors (Lipinski definition) is 2. The third-order valence-electron chi connectivity index (χ3n) is 5.25. The molecule has 0 spiro atoms. The van der Waals surface area contributed by atoms with Crippen LogP contribution in [0.5, 0.6) is 0 Å². The van der Waals surface area contributed by atoms with Gasteiger partial charge in [0.25, 0.3) is 0 Å². The SMILES string of the molecule is CC(C)(C)C1CCCN(CC(C)(C)C2CNC2)C1. The normalized spacial score (nSPS) is 28.2. The molecule has 0 saturated carbocycles. The van der Waals surface area contributed by atoms with E-state index < -0.39 is 0 Å². The van der Waals surface area contributed by atoms with Gasteiger partial charge in [-0.1, -0.05) is 34.6 Å². The summed E-state index contributed by atoms with van der Waals surface area (Å²) in [5.74, 6) is 1.76. The van der Waals surface area contributed by atoms with Crippen molar-refractivity contribution in [2.24, 2.45) is 22.7 Å². The van der Waals surface area contributed by atoms with Crippen LogP contribution in [0, 0.1) is 22.7 Å². The third-order valence-corrected chi connectivity index (χ3v) is 5.25. The molecule has 2 heterocycles. The average Bonchev–Trinajstić information content (AvgIpc) is 2.11. The van der Waals surface area contributed by atoms with Gasteiger partial charge in [-0.2, -0.15) is 0 Å². The average molecular weight is 252 g/mol. The van der Waals surface area contributed by atoms with E-state index in [-0.39, 0.29) is 0 Å². The van der Waals surface area contributed by atoms with E-state index in [4.69, 9.17) is 0 Å². The minimum Gasteiger partial charge on any atom is -0.316 e. The number of piperidine rings is 1. The van der Waals surface area contributed by atoms with Crippen LogP contribution in [0.4, 0.5) is 0 Å². The summed E-state index contributed by atoms with van der Waals surface area (Å²) in [6.07, 6.45) is 2.81. The predicted octanol–water partition coefficient (Wildman–Crippen LogP) is 2.99. The predicted molar refractivity (Wildman–Crippen MR) is 78.8 cm³/mol. The van der Waals surface area contributed by atoms with Gasteiger partial charge in [-0.3, -0.25) is 0 Å². The zero-order chi connectivity index (χ0) is 13.4. The maximum absolute atomic E-state index is 3.42. The van der Waals surface area contributed by atoms with E-state index in [1.54, 1.807) is 0 Å². The molecule has 2 aliphatic heterocycles. The monoisotopic (exact) mass is 252 g/mol. The Morgan fingerprint density at radius 3 is 2.22 bits per heavy atom. The van der Waals surface area contributed by atoms with Crippen LogP contribution in [0.3, 0.4) is 0 Å². The van der Waals surface area contributed by atoms with Crippen LogP contribution >= 0.6 is 0 Å². The molecule has 2 nitrogen and oxygen atoms in total. The molecule has 18 heavy (non-hydrogen) atoms. The molecule has 0 aromatic rings. The first kappa shape index (κ1) is 14.3. The van der Waals surface area contributed by atoms with E-state index in [9.17, 15) is 0 Å². The maximum Gasteiger partial charge on any atom is 0.00364 e. The lowest BCUT2D eigenvalue weighted by Gasteiger charge is -2.47. The van der Waals surface area contributed by atoms with Crippen LogP contribution in [0.15, 0.2) is 0 Å². The van der Waals surface area contributed by atoms with E-state index >= 15 is 0 Å². The second-order valence-corrected chi connectivity index (χ2v) is 8.28. The Labute approximate surface area is 114 Å². The second-order valence-electron chi connectivity index (χ2n) is 8.28. The molecule has 2 aliphatic rings. The lowest BCUT2D eigenvalue weighted by Crippen LogP contribution is -2.54. The van der Waals surface area contributed by atoms with Gasteiger partial charge in [-0.25, -0.2) is 0 Å². The van der Waals surface area contributed by atoms with Gasteiger partial charge in [-0.15, -0.1) is 0 Å². The van der Waals surface area contributed by atoms with E-state index in [0.717, 1.165) is 11.8 Å². The molecule has 2 saturated heterocycles. The number of likely N-dealkylation sites (tertiary alicyclic amines) is 1. The summed E-state index contributed by atoms with van der Waals surface area (Å²) in [5, 5.41) is 3.42. The summed E-state index contributed by atoms with van der Waals surface area (Å²) in [5.41, 5.74) is 0.950. The second kappa shape index (κ2) is 5.13. The fourth-order valence-electron chi connectivity index (χ4n) is 3.45. The molecule has 0 aromatic carbocycles. The van der Waals surface area contributed by atoms with Crippen LogP contribution < -0.4 is 5.32 Å². The van der Waals surface area contributed by atoms with Crippen molar-refractivity contribution in [2.45, 2.75) is 47.5 Å². The van der Waals surface area contributed by atoms with Crippen LogP contribution in [0.25, 0.3) is 0 Å². The molecule has 0 radical (unpaired) electrons. The van der Waals surface area contributed by atoms with Crippen LogP contribution in [0.2, 0.25) is 0 Å². The molecule has 1 N–H and O–H groups in total. The van der Waals surface area contributed by atoms with Crippen LogP contribution in [0.1, 0.15) is 47.5 Å². The number of hydrogen-bond donors (Lipinski definition) is 1. The van der Waals surface area contributed by atoms with Crippen molar-refractivity contribution in [3.05, 3.63) is 0 Å². The summed E-state index contributed by atoms with van der Waals surface area (Å²) < 4.78 is 0. The maximum atomic E-state index is 3.42. The zero-order valence-electron chi connectivity index (χ0n) is 13.1. The summed E-state index contributed by atoms with van der Waals surface area (Å²) in [6, 6.07) is 0. The topological polar surface area (TPSA) is 15.3 Å². The van der Waals surface area contributed by atoms with Gasteiger partial charge < -0.3 is 10.2 Å². The van der Waals surface area contributed by atoms with Crippen LogP contribution in [-0.2, 0) is 0 Å². The van der Waals surface area contributed by atoms with E-state index in [0.29, 0.717) is 10.8 Å². The van der Waals surface area contributed by atoms with Gasteiger partial charge in [0.05, 0.1) is 0 Å². The quantitative estimate of drug-likeness (QED) is 0.831. The molecular formula is C16H32N2. The standard InChI is InChI=1S/C16H32N2/c1-15(2,3)13-7-6-8-18(11-13)12-16(4,5)14-9-17-10-14/h13-14,17H,6-12H2,1-5H3. The third kappa shape index (κ3) is 3.27. The Kier molecular flexibility index (Phi) is 4.08. The highest BCUT2D eigenvalue weighted by Crippen LogP contribution is 2.36. The van der Waals surface area contributed by atoms with Gasteiger partial charge in [0.1, 0.15) is 0 Å². The molecule has 106 valence electrons. The molecule has 1 unspecified atom stereocenters. The molecule has 2 heteroatoms. The fraction of sp³-hybridized carbons (Fsp3) is 1.00. The highest BCUT2D eigenvalue weighted by atomic mass is 15.1. The Morgan fingerprint density at radius 2 is 1.72 bits per heavy atom. The Balaban J connectivity index is 1.89. The van der Waals surface area contributed by atoms with Crippen molar-refractivity contribution >= 4 is 0 Å². The van der Waals surface area contributed by atoms with Gasteiger partial charge in [0, 0.05) is 13.1 Å². The van der Waals surface area contributed by atoms with Gasteiger partial charge in [0.15, 0.2) is 0 Å². The minimum atomic E-state index is 0.473. The largest absolute Gasteiger partial charge is 0.316 e. The molecule has 0 aromatic heterocycles. The first-order valence-corrected chi connectivity index (χ1v) is 7.72. The van der Waals surface area contributed by atoms with Crippen molar-refractivity contribution in [1.29, 1.82) is 0 Å². The Morgan fingerprint density at radius 1 is 1.06 bits per heavy atom. The van der Waals surface area contributed by atoms with Crippen molar-refractivity contribution < 1.29 is 0 Å². The minimum absolute atomic E-state index is 0.473. The fourth-order valence-corrected chi connectivity index (χ4v) is 3.45. The lowest BCUT2D eigenvalue weighted by atomic mass is 9.73. The Hall–Kier alpha value is -0.0800. The molecule has 2 fully saturated rings. The number of nitrogens with zero attached hydrogens (tertiary/aromatic N) is 1. The van der Waals surface area contributed by atoms with E-state index in [2.05, 4.69) is 44.8 Å². The molecule has 0 bridgehead atoms. The van der Waals surface area contributed by atoms with Crippen molar-refractivity contribution in [1.82, 2.24) is 10.2 Å². The first-order chi connectivity index (χ1) is 8.29. The smallest absolute Gasteiger partial charge is 0.00364 e. The molecular weight excluding hydrogens is 220 g/mol. The van der Waals surface area contributed by atoms with Crippen LogP contribution in [-0.4, -0.2) is 37.6 Å². The highest BCUT2D eigenvalue weighted by molar-refractivity contribution is 4.91. The first-order valence-electron chi connectivity index (χ1n) is 7.72. The van der Waals surface area contributed by atoms with Crippen molar-refractivity contribution in [3.63, 3.8) is 0 Å². The highest BCUT2D eigenvalue weighted by Gasteiger charge is 2.37. The summed E-state index contributed by atoms with van der Waals surface area (Å²) in [4.78, 5) is 2.73. The van der Waals surface area contributed by atoms with Gasteiger partial charge >= 0.3 is 0 Å². The summed E-state index contributed by atoms with van der Waals surface area (Å²) >= 11 is 0. The molecule has 0 aliphatic carbocycles. The van der Waals surface area contributed by atoms with Gasteiger partial charge in [-0.05, 0) is 55.1 Å². The van der Waals surface area contributed by atoms with E-state index in [1.807, 2.05) is 0 Å². The number of nitrogens with one attached hydrogen (secondary N) is 1. The summed E-state index contributed by atoms with van der Waals surface area (Å²) in [7, 11) is 0. The van der Waals surface area contributed by atoms with Crippen molar-refractivity contribution in [2.75, 3.05) is 32.7 Å². The number of rotatable bonds is 3.